The molecule has 26 heavy (non-hydrogen) atoms. The third-order valence-corrected chi connectivity index (χ3v) is 9.38. The Labute approximate surface area is 156 Å². The van der Waals surface area contributed by atoms with E-state index in [2.05, 4.69) is 24.3 Å². The van der Waals surface area contributed by atoms with E-state index in [-0.39, 0.29) is 17.8 Å². The third-order valence-electron chi connectivity index (χ3n) is 6.90. The Morgan fingerprint density at radius 2 is 1.65 bits per heavy atom. The van der Waals surface area contributed by atoms with E-state index in [0.29, 0.717) is 0 Å². The molecule has 4 rings (SSSR count). The largest absolute Gasteiger partial charge is 0.377 e. The molecule has 0 saturated heterocycles. The van der Waals surface area contributed by atoms with E-state index in [0.717, 1.165) is 38.5 Å². The van der Waals surface area contributed by atoms with Gasteiger partial charge in [-0.3, -0.25) is 4.57 Å². The highest BCUT2D eigenvalue weighted by atomic mass is 31.2. The van der Waals surface area contributed by atoms with Gasteiger partial charge in [-0.1, -0.05) is 47.9 Å². The molecule has 3 aliphatic carbocycles. The van der Waals surface area contributed by atoms with E-state index in [1.165, 1.54) is 37.4 Å². The quantitative estimate of drug-likeness (QED) is 0.576. The van der Waals surface area contributed by atoms with Crippen molar-refractivity contribution in [2.45, 2.75) is 56.2 Å². The average Bonchev–Trinajstić information content (AvgIpc) is 2.68. The molecule has 1 saturated carbocycles. The van der Waals surface area contributed by atoms with Crippen LogP contribution in [0.15, 0.2) is 41.5 Å². The lowest BCUT2D eigenvalue weighted by molar-refractivity contribution is -0.0529. The monoisotopic (exact) mass is 376 g/mol. The van der Waals surface area contributed by atoms with Crippen molar-refractivity contribution in [3.63, 3.8) is 0 Å². The van der Waals surface area contributed by atoms with Crippen molar-refractivity contribution in [3.05, 3.63) is 47.0 Å². The van der Waals surface area contributed by atoms with Gasteiger partial charge in [-0.25, -0.2) is 0 Å². The van der Waals surface area contributed by atoms with Crippen LogP contribution in [0.1, 0.15) is 56.4 Å². The molecule has 2 bridgehead atoms. The van der Waals surface area contributed by atoms with Crippen molar-refractivity contribution in [3.8, 4) is 0 Å². The van der Waals surface area contributed by atoms with E-state index in [4.69, 9.17) is 9.05 Å². The molecule has 1 aromatic carbocycles. The molecular weight excluding hydrogens is 347 g/mol. The molecule has 0 unspecified atom stereocenters. The van der Waals surface area contributed by atoms with Crippen molar-refractivity contribution in [2.75, 3.05) is 14.2 Å². The van der Waals surface area contributed by atoms with Crippen LogP contribution in [0.25, 0.3) is 0 Å². The van der Waals surface area contributed by atoms with Crippen molar-refractivity contribution in [1.29, 1.82) is 0 Å². The molecule has 4 nitrogen and oxygen atoms in total. The number of hydrogen-bond acceptors (Lipinski definition) is 4. The third kappa shape index (κ3) is 2.50. The SMILES string of the molecule is COP(=O)(OC)[C@]1(O)[C@H]2CCC[C@H]1[C@H](c1ccccc1)C1=C2CCCC1. The molecule has 0 radical (unpaired) electrons. The molecule has 0 spiro atoms. The first-order chi connectivity index (χ1) is 12.6. The predicted molar refractivity (Wildman–Crippen MR) is 102 cm³/mol. The maximum absolute atomic E-state index is 13.6. The lowest BCUT2D eigenvalue weighted by Crippen LogP contribution is -2.54. The Balaban J connectivity index is 1.94. The molecule has 0 aromatic heterocycles. The van der Waals surface area contributed by atoms with Gasteiger partial charge < -0.3 is 14.2 Å². The second kappa shape index (κ2) is 6.91. The normalized spacial score (nSPS) is 34.5. The number of benzene rings is 1. The number of fused-ring (bicyclic) bond motifs is 3. The van der Waals surface area contributed by atoms with Crippen LogP contribution in [-0.4, -0.2) is 24.7 Å². The fourth-order valence-electron chi connectivity index (χ4n) is 5.87. The minimum absolute atomic E-state index is 0.103. The van der Waals surface area contributed by atoms with Gasteiger partial charge >= 0.3 is 7.60 Å². The van der Waals surface area contributed by atoms with Gasteiger partial charge in [-0.05, 0) is 44.1 Å². The highest BCUT2D eigenvalue weighted by molar-refractivity contribution is 7.55. The summed E-state index contributed by atoms with van der Waals surface area (Å²) in [7, 11) is -0.840. The second-order valence-electron chi connectivity index (χ2n) is 7.88. The van der Waals surface area contributed by atoms with Crippen LogP contribution in [0.2, 0.25) is 0 Å². The zero-order valence-electron chi connectivity index (χ0n) is 15.7. The lowest BCUT2D eigenvalue weighted by Gasteiger charge is -2.56. The van der Waals surface area contributed by atoms with Crippen LogP contribution in [-0.2, 0) is 13.6 Å². The van der Waals surface area contributed by atoms with Gasteiger partial charge in [0.25, 0.3) is 0 Å². The standard InChI is InChI=1S/C21H29O4P/c1-24-26(23,25-2)21(22)18-13-8-14-19(21)20(15-9-4-3-5-10-15)17-12-7-6-11-16(17)18/h3-5,9-10,18-20,22H,6-8,11-14H2,1-2H3/t18-,19-,20+,21+/m0/s1. The smallest absolute Gasteiger partial charge is 0.362 e. The van der Waals surface area contributed by atoms with Crippen molar-refractivity contribution in [1.82, 2.24) is 0 Å². The highest BCUT2D eigenvalue weighted by Gasteiger charge is 2.65. The van der Waals surface area contributed by atoms with Gasteiger partial charge in [0.05, 0.1) is 0 Å². The van der Waals surface area contributed by atoms with Crippen LogP contribution in [0, 0.1) is 11.8 Å². The molecule has 1 N–H and O–H groups in total. The molecule has 5 heteroatoms. The topological polar surface area (TPSA) is 55.8 Å². The van der Waals surface area contributed by atoms with Gasteiger partial charge in [0.15, 0.2) is 5.34 Å². The maximum atomic E-state index is 13.6. The zero-order chi connectivity index (χ0) is 18.4. The molecular formula is C21H29O4P. The Bertz CT molecular complexity index is 736. The molecule has 3 aliphatic rings. The summed E-state index contributed by atoms with van der Waals surface area (Å²) >= 11 is 0. The number of hydrogen-bond donors (Lipinski definition) is 1. The van der Waals surface area contributed by atoms with Gasteiger partial charge in [0, 0.05) is 32.0 Å². The first kappa shape index (κ1) is 18.4. The van der Waals surface area contributed by atoms with Crippen molar-refractivity contribution in [2.24, 2.45) is 11.8 Å². The Hall–Kier alpha value is -0.930. The Morgan fingerprint density at radius 1 is 1.00 bits per heavy atom. The molecule has 142 valence electrons. The van der Waals surface area contributed by atoms with Gasteiger partial charge in [0.2, 0.25) is 0 Å². The summed E-state index contributed by atoms with van der Waals surface area (Å²) in [5.74, 6) is -0.139. The fraction of sp³-hybridized carbons (Fsp3) is 0.619. The molecule has 1 fully saturated rings. The number of allylic oxidation sites excluding steroid dienone is 1. The van der Waals surface area contributed by atoms with Gasteiger partial charge in [-0.2, -0.15) is 0 Å². The summed E-state index contributed by atoms with van der Waals surface area (Å²) in [4.78, 5) is 0. The fourth-order valence-corrected chi connectivity index (χ4v) is 7.96. The van der Waals surface area contributed by atoms with E-state index in [1.807, 2.05) is 6.07 Å². The molecule has 0 aliphatic heterocycles. The number of aliphatic hydroxyl groups is 1. The van der Waals surface area contributed by atoms with Crippen LogP contribution >= 0.6 is 7.60 Å². The Morgan fingerprint density at radius 3 is 2.31 bits per heavy atom. The summed E-state index contributed by atoms with van der Waals surface area (Å²) in [5, 5.41) is 10.6. The van der Waals surface area contributed by atoms with Crippen LogP contribution in [0.4, 0.5) is 0 Å². The minimum atomic E-state index is -3.65. The molecule has 0 heterocycles. The van der Waals surface area contributed by atoms with E-state index in [1.54, 1.807) is 0 Å². The summed E-state index contributed by atoms with van der Waals surface area (Å²) < 4.78 is 24.4. The molecule has 1 aromatic rings. The first-order valence-corrected chi connectivity index (χ1v) is 11.3. The summed E-state index contributed by atoms with van der Waals surface area (Å²) in [5.41, 5.74) is 4.03. The van der Waals surface area contributed by atoms with Crippen molar-refractivity contribution >= 4 is 7.60 Å². The molecule has 0 amide bonds. The second-order valence-corrected chi connectivity index (χ2v) is 10.3. The predicted octanol–water partition coefficient (Wildman–Crippen LogP) is 5.25. The maximum Gasteiger partial charge on any atom is 0.362 e. The van der Waals surface area contributed by atoms with E-state index < -0.39 is 12.9 Å². The van der Waals surface area contributed by atoms with E-state index in [9.17, 15) is 9.67 Å². The average molecular weight is 376 g/mol. The minimum Gasteiger partial charge on any atom is -0.377 e. The van der Waals surface area contributed by atoms with Crippen LogP contribution < -0.4 is 0 Å². The molecule has 4 atom stereocenters. The van der Waals surface area contributed by atoms with Gasteiger partial charge in [0.1, 0.15) is 0 Å². The van der Waals surface area contributed by atoms with Crippen LogP contribution in [0.3, 0.4) is 0 Å². The van der Waals surface area contributed by atoms with Gasteiger partial charge in [-0.15, -0.1) is 0 Å². The lowest BCUT2D eigenvalue weighted by atomic mass is 9.57. The first-order valence-electron chi connectivity index (χ1n) is 9.77. The Kier molecular flexibility index (Phi) is 4.90. The highest BCUT2D eigenvalue weighted by Crippen LogP contribution is 2.73. The summed E-state index contributed by atoms with van der Waals surface area (Å²) in [6, 6.07) is 10.4. The van der Waals surface area contributed by atoms with Crippen LogP contribution in [0.5, 0.6) is 0 Å². The summed E-state index contributed by atoms with van der Waals surface area (Å²) in [6.07, 6.45) is 7.18. The van der Waals surface area contributed by atoms with E-state index >= 15 is 0 Å². The van der Waals surface area contributed by atoms with Crippen molar-refractivity contribution < 1.29 is 18.7 Å². The zero-order valence-corrected chi connectivity index (χ0v) is 16.6. The summed E-state index contributed by atoms with van der Waals surface area (Å²) in [6.45, 7) is 0. The number of rotatable bonds is 4.